The van der Waals surface area contributed by atoms with Crippen molar-refractivity contribution < 1.29 is 0 Å². The van der Waals surface area contributed by atoms with Crippen molar-refractivity contribution in [1.29, 1.82) is 0 Å². The van der Waals surface area contributed by atoms with Gasteiger partial charge in [-0.15, -0.1) is 10.2 Å². The van der Waals surface area contributed by atoms with E-state index in [0.29, 0.717) is 5.02 Å². The summed E-state index contributed by atoms with van der Waals surface area (Å²) in [6.07, 6.45) is 7.93. The largest absolute Gasteiger partial charge is 0.343 e. The van der Waals surface area contributed by atoms with E-state index in [1.807, 2.05) is 30.3 Å². The maximum Gasteiger partial charge on any atom is 0.174 e. The van der Waals surface area contributed by atoms with Crippen LogP contribution in [-0.2, 0) is 19.4 Å². The molecule has 0 unspecified atom stereocenters. The second kappa shape index (κ2) is 9.76. The summed E-state index contributed by atoms with van der Waals surface area (Å²) < 4.78 is 2.30. The predicted molar refractivity (Wildman–Crippen MR) is 145 cm³/mol. The number of benzene rings is 3. The van der Waals surface area contributed by atoms with Gasteiger partial charge in [-0.25, -0.2) is 4.98 Å². The van der Waals surface area contributed by atoms with Crippen LogP contribution in [0.15, 0.2) is 85.1 Å². The SMILES string of the molecule is Clc1ccc2ccc(/C=C/c3cccc(Cn4ccc5ccc(CCc6nn[nH]n6)cc54)c3)nc2c1. The van der Waals surface area contributed by atoms with Crippen molar-refractivity contribution in [3.05, 3.63) is 118 Å². The van der Waals surface area contributed by atoms with Crippen LogP contribution in [0.25, 0.3) is 34.0 Å². The zero-order valence-corrected chi connectivity index (χ0v) is 20.2. The smallest absolute Gasteiger partial charge is 0.174 e. The molecule has 0 aliphatic heterocycles. The van der Waals surface area contributed by atoms with E-state index in [-0.39, 0.29) is 0 Å². The van der Waals surface area contributed by atoms with Gasteiger partial charge in [0.25, 0.3) is 0 Å². The van der Waals surface area contributed by atoms with Gasteiger partial charge in [-0.05, 0) is 71.0 Å². The lowest BCUT2D eigenvalue weighted by atomic mass is 10.1. The summed E-state index contributed by atoms with van der Waals surface area (Å²) in [6, 6.07) is 27.3. The number of aryl methyl sites for hydroxylation is 2. The third kappa shape index (κ3) is 4.90. The minimum absolute atomic E-state index is 0.695. The average Bonchev–Trinajstić information content (AvgIpc) is 3.56. The molecule has 176 valence electrons. The average molecular weight is 491 g/mol. The van der Waals surface area contributed by atoms with Crippen molar-refractivity contribution in [2.75, 3.05) is 0 Å². The Morgan fingerprint density at radius 2 is 1.75 bits per heavy atom. The normalized spacial score (nSPS) is 11.7. The van der Waals surface area contributed by atoms with Gasteiger partial charge in [-0.2, -0.15) is 5.21 Å². The number of H-pyrrole nitrogens is 1. The second-order valence-corrected chi connectivity index (χ2v) is 9.25. The summed E-state index contributed by atoms with van der Waals surface area (Å²) in [7, 11) is 0. The minimum atomic E-state index is 0.695. The van der Waals surface area contributed by atoms with E-state index in [2.05, 4.69) is 92.1 Å². The molecule has 0 bridgehead atoms. The summed E-state index contributed by atoms with van der Waals surface area (Å²) in [5, 5.41) is 17.3. The van der Waals surface area contributed by atoms with Crippen molar-refractivity contribution in [3.8, 4) is 0 Å². The molecule has 0 atom stereocenters. The number of tetrazole rings is 1. The fraction of sp³-hybridized carbons (Fsp3) is 0.103. The van der Waals surface area contributed by atoms with Crippen LogP contribution < -0.4 is 0 Å². The lowest BCUT2D eigenvalue weighted by Gasteiger charge is -2.08. The molecule has 3 aromatic carbocycles. The van der Waals surface area contributed by atoms with Crippen molar-refractivity contribution in [2.45, 2.75) is 19.4 Å². The molecule has 36 heavy (non-hydrogen) atoms. The van der Waals surface area contributed by atoms with E-state index in [1.165, 1.54) is 22.0 Å². The first-order valence-corrected chi connectivity index (χ1v) is 12.2. The Bertz CT molecular complexity index is 1680. The minimum Gasteiger partial charge on any atom is -0.343 e. The van der Waals surface area contributed by atoms with Gasteiger partial charge in [-0.1, -0.05) is 65.4 Å². The molecule has 6 nitrogen and oxygen atoms in total. The van der Waals surface area contributed by atoms with Crippen LogP contribution in [-0.4, -0.2) is 30.2 Å². The molecule has 3 heterocycles. The first kappa shape index (κ1) is 22.2. The van der Waals surface area contributed by atoms with E-state index in [9.17, 15) is 0 Å². The molecular weight excluding hydrogens is 468 g/mol. The molecule has 0 radical (unpaired) electrons. The number of fused-ring (bicyclic) bond motifs is 2. The van der Waals surface area contributed by atoms with E-state index in [1.54, 1.807) is 0 Å². The van der Waals surface area contributed by atoms with Crippen molar-refractivity contribution in [1.82, 2.24) is 30.2 Å². The van der Waals surface area contributed by atoms with Gasteiger partial charge in [0, 0.05) is 35.1 Å². The monoisotopic (exact) mass is 490 g/mol. The van der Waals surface area contributed by atoms with Gasteiger partial charge in [0.05, 0.1) is 11.2 Å². The molecule has 1 N–H and O–H groups in total. The van der Waals surface area contributed by atoms with E-state index >= 15 is 0 Å². The molecule has 0 saturated heterocycles. The highest BCUT2D eigenvalue weighted by atomic mass is 35.5. The summed E-state index contributed by atoms with van der Waals surface area (Å²) in [6.45, 7) is 0.798. The first-order valence-electron chi connectivity index (χ1n) is 11.8. The number of nitrogens with zero attached hydrogens (tertiary/aromatic N) is 5. The second-order valence-electron chi connectivity index (χ2n) is 8.82. The van der Waals surface area contributed by atoms with Gasteiger partial charge in [-0.3, -0.25) is 0 Å². The number of nitrogens with one attached hydrogen (secondary N) is 1. The fourth-order valence-electron chi connectivity index (χ4n) is 4.44. The zero-order chi connectivity index (χ0) is 24.3. The molecule has 0 amide bonds. The van der Waals surface area contributed by atoms with Crippen molar-refractivity contribution in [2.24, 2.45) is 0 Å². The molecular formula is C29H23ClN6. The Morgan fingerprint density at radius 1 is 0.833 bits per heavy atom. The van der Waals surface area contributed by atoms with E-state index < -0.39 is 0 Å². The summed E-state index contributed by atoms with van der Waals surface area (Å²) in [4.78, 5) is 4.72. The predicted octanol–water partition coefficient (Wildman–Crippen LogP) is 6.36. The van der Waals surface area contributed by atoms with Crippen LogP contribution >= 0.6 is 11.6 Å². The Morgan fingerprint density at radius 3 is 2.67 bits per heavy atom. The number of hydrogen-bond donors (Lipinski definition) is 1. The van der Waals surface area contributed by atoms with Gasteiger partial charge in [0.2, 0.25) is 0 Å². The van der Waals surface area contributed by atoms with Crippen LogP contribution in [0.4, 0.5) is 0 Å². The Labute approximate surface area is 213 Å². The van der Waals surface area contributed by atoms with Crippen LogP contribution in [0, 0.1) is 0 Å². The molecule has 0 spiro atoms. The molecule has 0 saturated carbocycles. The number of aromatic amines is 1. The van der Waals surface area contributed by atoms with Crippen molar-refractivity contribution >= 4 is 45.6 Å². The van der Waals surface area contributed by atoms with E-state index in [0.717, 1.165) is 47.4 Å². The fourth-order valence-corrected chi connectivity index (χ4v) is 4.61. The lowest BCUT2D eigenvalue weighted by molar-refractivity contribution is 0.832. The van der Waals surface area contributed by atoms with Crippen LogP contribution in [0.3, 0.4) is 0 Å². The number of aromatic nitrogens is 6. The first-order chi connectivity index (χ1) is 17.7. The van der Waals surface area contributed by atoms with Gasteiger partial charge in [0.1, 0.15) is 0 Å². The highest BCUT2D eigenvalue weighted by Crippen LogP contribution is 2.22. The molecule has 0 fully saturated rings. The Balaban J connectivity index is 1.20. The Hall–Kier alpha value is -4.29. The standard InChI is InChI=1S/C29H23ClN6/c30-25-10-8-23-9-12-26(31-27(23)18-25)11-5-20-2-1-3-22(16-20)19-36-15-14-24-7-4-21(17-28(24)36)6-13-29-32-34-35-33-29/h1-5,7-12,14-18H,6,13,19H2,(H,32,33,34,35)/b11-5+. The number of hydrogen-bond acceptors (Lipinski definition) is 4. The van der Waals surface area contributed by atoms with Gasteiger partial charge in [0.15, 0.2) is 5.82 Å². The number of rotatable bonds is 7. The van der Waals surface area contributed by atoms with Gasteiger partial charge < -0.3 is 4.57 Å². The highest BCUT2D eigenvalue weighted by molar-refractivity contribution is 6.31. The number of halogens is 1. The molecule has 6 aromatic rings. The highest BCUT2D eigenvalue weighted by Gasteiger charge is 2.06. The maximum atomic E-state index is 6.13. The van der Waals surface area contributed by atoms with Crippen LogP contribution in [0.5, 0.6) is 0 Å². The summed E-state index contributed by atoms with van der Waals surface area (Å²) in [5.41, 5.74) is 6.66. The molecule has 3 aromatic heterocycles. The number of pyridine rings is 1. The topological polar surface area (TPSA) is 72.3 Å². The van der Waals surface area contributed by atoms with E-state index in [4.69, 9.17) is 16.6 Å². The van der Waals surface area contributed by atoms with Gasteiger partial charge >= 0.3 is 0 Å². The zero-order valence-electron chi connectivity index (χ0n) is 19.5. The van der Waals surface area contributed by atoms with Crippen molar-refractivity contribution in [3.63, 3.8) is 0 Å². The Kier molecular flexibility index (Phi) is 6.01. The lowest BCUT2D eigenvalue weighted by Crippen LogP contribution is -1.99. The maximum absolute atomic E-state index is 6.13. The summed E-state index contributed by atoms with van der Waals surface area (Å²) >= 11 is 6.13. The third-order valence-electron chi connectivity index (χ3n) is 6.29. The molecule has 0 aliphatic carbocycles. The summed E-state index contributed by atoms with van der Waals surface area (Å²) in [5.74, 6) is 0.734. The molecule has 6 rings (SSSR count). The molecule has 0 aliphatic rings. The van der Waals surface area contributed by atoms with Crippen LogP contribution in [0.2, 0.25) is 5.02 Å². The van der Waals surface area contributed by atoms with Crippen LogP contribution in [0.1, 0.15) is 28.2 Å². The third-order valence-corrected chi connectivity index (χ3v) is 6.53. The quantitative estimate of drug-likeness (QED) is 0.282. The molecule has 7 heteroatoms.